The molecule has 0 aliphatic rings. The van der Waals surface area contributed by atoms with Gasteiger partial charge in [-0.1, -0.05) is 0 Å². The van der Waals surface area contributed by atoms with Gasteiger partial charge in [0.15, 0.2) is 0 Å². The Hall–Kier alpha value is -2.48. The second-order valence-corrected chi connectivity index (χ2v) is 4.19. The molecule has 0 heterocycles. The number of carbonyl (C=O) groups excluding carboxylic acids is 4. The Kier molecular flexibility index (Phi) is 20.7. The molecule has 0 radical (unpaired) electrons. The lowest BCUT2D eigenvalue weighted by Crippen LogP contribution is -1.97. The van der Waals surface area contributed by atoms with Crippen LogP contribution in [-0.4, -0.2) is 50.0 Å². The fourth-order valence-electron chi connectivity index (χ4n) is 1.30. The minimum atomic E-state index is 0.0303. The molecule has 0 amide bonds. The third-order valence-electron chi connectivity index (χ3n) is 2.40. The smallest absolute Gasteiger partial charge is 0.211 e. The van der Waals surface area contributed by atoms with Crippen molar-refractivity contribution in [3.8, 4) is 0 Å². The summed E-state index contributed by atoms with van der Waals surface area (Å²) in [6.07, 6.45) is 9.95. The Bertz CT molecular complexity index is 435. The SMILES string of the molecule is CC(CCCCN=C=O)N=C=O.O=C=NCCCCN=C=O. The summed E-state index contributed by atoms with van der Waals surface area (Å²) in [7, 11) is 0. The van der Waals surface area contributed by atoms with E-state index in [0.717, 1.165) is 32.1 Å². The van der Waals surface area contributed by atoms with E-state index in [1.54, 1.807) is 0 Å². The second-order valence-electron chi connectivity index (χ2n) is 4.19. The summed E-state index contributed by atoms with van der Waals surface area (Å²) in [5, 5.41) is 0. The molecule has 0 spiro atoms. The van der Waals surface area contributed by atoms with E-state index in [4.69, 9.17) is 0 Å². The van der Waals surface area contributed by atoms with E-state index in [2.05, 4.69) is 20.0 Å². The first-order valence-electron chi connectivity index (χ1n) is 6.90. The summed E-state index contributed by atoms with van der Waals surface area (Å²) in [5.74, 6) is 0. The zero-order valence-corrected chi connectivity index (χ0v) is 12.7. The lowest BCUT2D eigenvalue weighted by molar-refractivity contribution is 0.548. The Morgan fingerprint density at radius 3 is 1.45 bits per heavy atom. The summed E-state index contributed by atoms with van der Waals surface area (Å²) >= 11 is 0. The van der Waals surface area contributed by atoms with Crippen LogP contribution in [0.1, 0.15) is 39.0 Å². The minimum absolute atomic E-state index is 0.0303. The Labute approximate surface area is 129 Å². The fourth-order valence-corrected chi connectivity index (χ4v) is 1.30. The number of aliphatic imine (C=N–C) groups is 4. The van der Waals surface area contributed by atoms with Crippen molar-refractivity contribution in [3.05, 3.63) is 0 Å². The third kappa shape index (κ3) is 22.7. The molecule has 0 aromatic heterocycles. The van der Waals surface area contributed by atoms with Gasteiger partial charge in [0.1, 0.15) is 0 Å². The van der Waals surface area contributed by atoms with Crippen LogP contribution >= 0.6 is 0 Å². The molecular weight excluding hydrogens is 288 g/mol. The van der Waals surface area contributed by atoms with Crippen molar-refractivity contribution >= 4 is 24.3 Å². The second kappa shape index (κ2) is 20.8. The number of nitrogens with zero attached hydrogens (tertiary/aromatic N) is 4. The zero-order chi connectivity index (χ0) is 16.9. The number of rotatable bonds is 11. The highest BCUT2D eigenvalue weighted by Gasteiger charge is 1.97. The van der Waals surface area contributed by atoms with Gasteiger partial charge in [-0.2, -0.15) is 0 Å². The molecule has 0 saturated carbocycles. The average Bonchev–Trinajstić information content (AvgIpc) is 2.51. The molecule has 0 aliphatic heterocycles. The molecule has 0 saturated heterocycles. The number of isocyanates is 4. The first kappa shape index (κ1) is 21.8. The van der Waals surface area contributed by atoms with Crippen LogP contribution in [0, 0.1) is 0 Å². The van der Waals surface area contributed by atoms with Crippen LogP contribution in [-0.2, 0) is 19.2 Å². The Morgan fingerprint density at radius 2 is 1.09 bits per heavy atom. The van der Waals surface area contributed by atoms with Crippen LogP contribution in [0.15, 0.2) is 20.0 Å². The van der Waals surface area contributed by atoms with E-state index in [1.807, 2.05) is 6.92 Å². The lowest BCUT2D eigenvalue weighted by atomic mass is 10.1. The summed E-state index contributed by atoms with van der Waals surface area (Å²) in [5.41, 5.74) is 0. The van der Waals surface area contributed by atoms with Gasteiger partial charge in [-0.05, 0) is 39.0 Å². The monoisotopic (exact) mass is 308 g/mol. The molecule has 1 unspecified atom stereocenters. The van der Waals surface area contributed by atoms with Gasteiger partial charge >= 0.3 is 0 Å². The molecule has 0 bridgehead atoms. The molecule has 8 nitrogen and oxygen atoms in total. The molecule has 0 aliphatic carbocycles. The Morgan fingerprint density at radius 1 is 0.682 bits per heavy atom. The highest BCUT2D eigenvalue weighted by Crippen LogP contribution is 2.02. The zero-order valence-electron chi connectivity index (χ0n) is 12.7. The van der Waals surface area contributed by atoms with Crippen molar-refractivity contribution in [2.75, 3.05) is 19.6 Å². The van der Waals surface area contributed by atoms with Crippen LogP contribution in [0.3, 0.4) is 0 Å². The highest BCUT2D eigenvalue weighted by molar-refractivity contribution is 5.33. The number of hydrogen-bond donors (Lipinski definition) is 0. The molecule has 0 aromatic rings. The van der Waals surface area contributed by atoms with E-state index in [9.17, 15) is 19.2 Å². The largest absolute Gasteiger partial charge is 0.235 e. The van der Waals surface area contributed by atoms with Crippen molar-refractivity contribution in [2.45, 2.75) is 45.1 Å². The van der Waals surface area contributed by atoms with Gasteiger partial charge in [-0.15, -0.1) is 0 Å². The quantitative estimate of drug-likeness (QED) is 0.327. The molecular formula is C14H20N4O4. The van der Waals surface area contributed by atoms with Crippen LogP contribution < -0.4 is 0 Å². The van der Waals surface area contributed by atoms with Crippen LogP contribution in [0.25, 0.3) is 0 Å². The van der Waals surface area contributed by atoms with Crippen LogP contribution in [0.2, 0.25) is 0 Å². The van der Waals surface area contributed by atoms with Gasteiger partial charge in [0.2, 0.25) is 24.3 Å². The van der Waals surface area contributed by atoms with Crippen molar-refractivity contribution in [3.63, 3.8) is 0 Å². The van der Waals surface area contributed by atoms with E-state index in [1.165, 1.54) is 24.3 Å². The maximum absolute atomic E-state index is 9.79. The predicted molar refractivity (Wildman–Crippen MR) is 79.6 cm³/mol. The van der Waals surface area contributed by atoms with E-state index < -0.39 is 0 Å². The standard InChI is InChI=1S/C8H12N2O2.C6H8N2O2/c1-8(10-7-12)4-2-3-5-9-6-11;9-5-7-3-1-2-4-8-6-10/h8H,2-5H2,1H3;1-4H2. The number of hydrogen-bond acceptors (Lipinski definition) is 8. The van der Waals surface area contributed by atoms with Crippen molar-refractivity contribution in [1.29, 1.82) is 0 Å². The average molecular weight is 308 g/mol. The van der Waals surface area contributed by atoms with E-state index in [0.29, 0.717) is 19.6 Å². The summed E-state index contributed by atoms with van der Waals surface area (Å²) in [4.78, 5) is 52.0. The lowest BCUT2D eigenvalue weighted by Gasteiger charge is -2.00. The maximum atomic E-state index is 9.79. The first-order chi connectivity index (χ1) is 10.7. The van der Waals surface area contributed by atoms with Crippen LogP contribution in [0.4, 0.5) is 0 Å². The molecule has 8 heteroatoms. The Balaban J connectivity index is 0. The molecule has 0 fully saturated rings. The van der Waals surface area contributed by atoms with Crippen LogP contribution in [0.5, 0.6) is 0 Å². The molecule has 1 atom stereocenters. The summed E-state index contributed by atoms with van der Waals surface area (Å²) in [6, 6.07) is 0.0303. The molecule has 22 heavy (non-hydrogen) atoms. The molecule has 0 N–H and O–H groups in total. The molecule has 0 aromatic carbocycles. The third-order valence-corrected chi connectivity index (χ3v) is 2.40. The van der Waals surface area contributed by atoms with Crippen molar-refractivity contribution in [1.82, 2.24) is 0 Å². The first-order valence-corrected chi connectivity index (χ1v) is 6.90. The van der Waals surface area contributed by atoms with Gasteiger partial charge in [-0.3, -0.25) is 0 Å². The fraction of sp³-hybridized carbons (Fsp3) is 0.714. The van der Waals surface area contributed by atoms with E-state index in [-0.39, 0.29) is 6.04 Å². The van der Waals surface area contributed by atoms with Gasteiger partial charge in [0, 0.05) is 0 Å². The van der Waals surface area contributed by atoms with Gasteiger partial charge in [-0.25, -0.2) is 39.1 Å². The number of unbranched alkanes of at least 4 members (excludes halogenated alkanes) is 2. The topological polar surface area (TPSA) is 118 Å². The molecule has 120 valence electrons. The van der Waals surface area contributed by atoms with Crippen molar-refractivity contribution < 1.29 is 19.2 Å². The van der Waals surface area contributed by atoms with Gasteiger partial charge in [0.25, 0.3) is 0 Å². The van der Waals surface area contributed by atoms with Gasteiger partial charge in [0.05, 0.1) is 25.7 Å². The predicted octanol–water partition coefficient (Wildman–Crippen LogP) is 1.66. The molecule has 0 rings (SSSR count). The highest BCUT2D eigenvalue weighted by atomic mass is 16.1. The van der Waals surface area contributed by atoms with E-state index >= 15 is 0 Å². The minimum Gasteiger partial charge on any atom is -0.211 e. The van der Waals surface area contributed by atoms with Crippen molar-refractivity contribution in [2.24, 2.45) is 20.0 Å². The summed E-state index contributed by atoms with van der Waals surface area (Å²) < 4.78 is 0. The summed E-state index contributed by atoms with van der Waals surface area (Å²) in [6.45, 7) is 3.31. The normalized spacial score (nSPS) is 9.50. The van der Waals surface area contributed by atoms with Gasteiger partial charge < -0.3 is 0 Å². The maximum Gasteiger partial charge on any atom is 0.235 e.